The monoisotopic (exact) mass is 261 g/mol. The van der Waals surface area contributed by atoms with Crippen molar-refractivity contribution in [3.63, 3.8) is 0 Å². The molecule has 0 aliphatic heterocycles. The zero-order chi connectivity index (χ0) is 12.9. The second kappa shape index (κ2) is 5.98. The smallest absolute Gasteiger partial charge is 0.512 e. The van der Waals surface area contributed by atoms with Gasteiger partial charge in [-0.25, -0.2) is 13.1 Å². The molecule has 1 aromatic carbocycles. The van der Waals surface area contributed by atoms with Crippen LogP contribution in [0.25, 0.3) is 0 Å². The lowest BCUT2D eigenvalue weighted by atomic mass is 10.2. The maximum Gasteiger partial charge on any atom is 0.707 e. The highest BCUT2D eigenvalue weighted by Gasteiger charge is 2.15. The summed E-state index contributed by atoms with van der Waals surface area (Å²) < 4.78 is 29.8. The third-order valence-corrected chi connectivity index (χ3v) is 3.26. The van der Waals surface area contributed by atoms with E-state index in [9.17, 15) is 8.42 Å². The SMILES string of the molecule is O=S(=O)(NCCO)c1ccc(OB(O)O)cc1. The molecule has 0 spiro atoms. The van der Waals surface area contributed by atoms with E-state index in [1.54, 1.807) is 0 Å². The molecule has 0 amide bonds. The standard InChI is InChI=1S/C8H12BNO6S/c11-6-5-10-17(14,15)8-3-1-7(2-4-8)16-9(12)13/h1-4,10-13H,5-6H2. The van der Waals surface area contributed by atoms with Gasteiger partial charge in [-0.1, -0.05) is 0 Å². The van der Waals surface area contributed by atoms with Gasteiger partial charge in [-0.2, -0.15) is 0 Å². The Kier molecular flexibility index (Phi) is 4.91. The Morgan fingerprint density at radius 1 is 1.24 bits per heavy atom. The Hall–Kier alpha value is -1.13. The predicted molar refractivity (Wildman–Crippen MR) is 59.5 cm³/mol. The van der Waals surface area contributed by atoms with Gasteiger partial charge in [0.05, 0.1) is 11.5 Å². The molecule has 7 nitrogen and oxygen atoms in total. The van der Waals surface area contributed by atoms with E-state index in [4.69, 9.17) is 15.2 Å². The average molecular weight is 261 g/mol. The van der Waals surface area contributed by atoms with Gasteiger partial charge in [0, 0.05) is 6.54 Å². The lowest BCUT2D eigenvalue weighted by Gasteiger charge is -2.07. The van der Waals surface area contributed by atoms with E-state index < -0.39 is 17.3 Å². The number of sulfonamides is 1. The molecule has 0 aliphatic carbocycles. The Bertz CT molecular complexity index is 446. The molecule has 0 aliphatic rings. The summed E-state index contributed by atoms with van der Waals surface area (Å²) in [4.78, 5) is -0.00858. The molecule has 0 unspecified atom stereocenters. The number of hydrogen-bond acceptors (Lipinski definition) is 6. The topological polar surface area (TPSA) is 116 Å². The number of rotatable bonds is 6. The van der Waals surface area contributed by atoms with Crippen molar-refractivity contribution in [2.45, 2.75) is 4.90 Å². The van der Waals surface area contributed by atoms with Gasteiger partial charge < -0.3 is 19.8 Å². The Labute approximate surface area is 98.9 Å². The predicted octanol–water partition coefficient (Wildman–Crippen LogP) is -1.69. The fraction of sp³-hybridized carbons (Fsp3) is 0.250. The lowest BCUT2D eigenvalue weighted by Crippen LogP contribution is -2.26. The quantitative estimate of drug-likeness (QED) is 0.454. The summed E-state index contributed by atoms with van der Waals surface area (Å²) in [6, 6.07) is 5.06. The van der Waals surface area contributed by atoms with E-state index in [0.29, 0.717) is 0 Å². The van der Waals surface area contributed by atoms with E-state index in [-0.39, 0.29) is 23.8 Å². The first-order valence-electron chi connectivity index (χ1n) is 4.69. The Balaban J connectivity index is 2.80. The number of benzene rings is 1. The summed E-state index contributed by atoms with van der Waals surface area (Å²) in [5, 5.41) is 25.6. The van der Waals surface area contributed by atoms with Crippen molar-refractivity contribution < 1.29 is 28.2 Å². The van der Waals surface area contributed by atoms with Crippen molar-refractivity contribution in [2.75, 3.05) is 13.2 Å². The van der Waals surface area contributed by atoms with E-state index in [1.807, 2.05) is 0 Å². The molecule has 1 rings (SSSR count). The molecule has 94 valence electrons. The second-order valence-corrected chi connectivity index (χ2v) is 4.80. The molecule has 4 N–H and O–H groups in total. The fourth-order valence-electron chi connectivity index (χ4n) is 1.08. The summed E-state index contributed by atoms with van der Waals surface area (Å²) in [6.45, 7) is -0.368. The normalized spacial score (nSPS) is 11.2. The minimum Gasteiger partial charge on any atom is -0.512 e. The molecule has 1 aromatic rings. The largest absolute Gasteiger partial charge is 0.707 e. The summed E-state index contributed by atoms with van der Waals surface area (Å²) >= 11 is 0. The number of nitrogens with one attached hydrogen (secondary N) is 1. The maximum atomic E-state index is 11.6. The summed E-state index contributed by atoms with van der Waals surface area (Å²) in [7, 11) is -5.61. The van der Waals surface area contributed by atoms with Crippen LogP contribution in [0, 0.1) is 0 Å². The van der Waals surface area contributed by atoms with Crippen LogP contribution in [0.1, 0.15) is 0 Å². The molecular weight excluding hydrogens is 249 g/mol. The van der Waals surface area contributed by atoms with E-state index >= 15 is 0 Å². The fourth-order valence-corrected chi connectivity index (χ4v) is 2.10. The molecule has 0 fully saturated rings. The zero-order valence-corrected chi connectivity index (χ0v) is 9.59. The van der Waals surface area contributed by atoms with Crippen molar-refractivity contribution in [3.05, 3.63) is 24.3 Å². The van der Waals surface area contributed by atoms with E-state index in [0.717, 1.165) is 0 Å². The summed E-state index contributed by atoms with van der Waals surface area (Å²) in [5.74, 6) is 0.126. The Morgan fingerprint density at radius 2 is 1.82 bits per heavy atom. The molecular formula is C8H12BNO6S. The van der Waals surface area contributed by atoms with Crippen LogP contribution in [0.5, 0.6) is 5.75 Å². The van der Waals surface area contributed by atoms with Crippen LogP contribution < -0.4 is 9.38 Å². The number of hydrogen-bond donors (Lipinski definition) is 4. The molecule has 0 radical (unpaired) electrons. The van der Waals surface area contributed by atoms with Gasteiger partial charge in [-0.3, -0.25) is 0 Å². The zero-order valence-electron chi connectivity index (χ0n) is 8.78. The highest BCUT2D eigenvalue weighted by atomic mass is 32.2. The third kappa shape index (κ3) is 4.33. The molecule has 0 saturated carbocycles. The minimum atomic E-state index is -3.66. The van der Waals surface area contributed by atoms with Gasteiger partial charge in [0.15, 0.2) is 0 Å². The molecule has 0 saturated heterocycles. The second-order valence-electron chi connectivity index (χ2n) is 3.04. The van der Waals surface area contributed by atoms with Crippen molar-refractivity contribution in [3.8, 4) is 5.75 Å². The van der Waals surface area contributed by atoms with Crippen LogP contribution in [0.4, 0.5) is 0 Å². The average Bonchev–Trinajstić information content (AvgIpc) is 2.26. The molecule has 0 aromatic heterocycles. The van der Waals surface area contributed by atoms with Crippen molar-refractivity contribution in [2.24, 2.45) is 0 Å². The summed E-state index contributed by atoms with van der Waals surface area (Å²) in [5.41, 5.74) is 0. The van der Waals surface area contributed by atoms with Gasteiger partial charge in [0.1, 0.15) is 5.75 Å². The van der Waals surface area contributed by atoms with Gasteiger partial charge in [0.2, 0.25) is 10.0 Å². The first kappa shape index (κ1) is 13.9. The van der Waals surface area contributed by atoms with E-state index in [2.05, 4.69) is 9.38 Å². The first-order valence-corrected chi connectivity index (χ1v) is 6.17. The van der Waals surface area contributed by atoms with Crippen molar-refractivity contribution in [1.82, 2.24) is 4.72 Å². The maximum absolute atomic E-state index is 11.6. The van der Waals surface area contributed by atoms with E-state index in [1.165, 1.54) is 24.3 Å². The highest BCUT2D eigenvalue weighted by Crippen LogP contribution is 2.15. The summed E-state index contributed by atoms with van der Waals surface area (Å²) in [6.07, 6.45) is 0. The van der Waals surface area contributed by atoms with Crippen molar-refractivity contribution in [1.29, 1.82) is 0 Å². The van der Waals surface area contributed by atoms with Gasteiger partial charge in [-0.15, -0.1) is 0 Å². The van der Waals surface area contributed by atoms with Crippen LogP contribution in [-0.4, -0.2) is 44.0 Å². The molecule has 0 atom stereocenters. The molecule has 0 bridgehead atoms. The molecule has 0 heterocycles. The third-order valence-electron chi connectivity index (χ3n) is 1.78. The van der Waals surface area contributed by atoms with Gasteiger partial charge in [-0.05, 0) is 24.3 Å². The molecule has 9 heteroatoms. The molecule has 17 heavy (non-hydrogen) atoms. The highest BCUT2D eigenvalue weighted by molar-refractivity contribution is 7.89. The van der Waals surface area contributed by atoms with Crippen LogP contribution >= 0.6 is 0 Å². The number of aliphatic hydroxyl groups excluding tert-OH is 1. The van der Waals surface area contributed by atoms with Crippen LogP contribution in [0.2, 0.25) is 0 Å². The van der Waals surface area contributed by atoms with Gasteiger partial charge in [0.25, 0.3) is 0 Å². The van der Waals surface area contributed by atoms with Crippen LogP contribution in [-0.2, 0) is 10.0 Å². The Morgan fingerprint density at radius 3 is 2.29 bits per heavy atom. The van der Waals surface area contributed by atoms with Crippen LogP contribution in [0.3, 0.4) is 0 Å². The minimum absolute atomic E-state index is 0.00858. The van der Waals surface area contributed by atoms with Crippen molar-refractivity contribution >= 4 is 17.3 Å². The van der Waals surface area contributed by atoms with Crippen LogP contribution in [0.15, 0.2) is 29.2 Å². The lowest BCUT2D eigenvalue weighted by molar-refractivity contribution is 0.288. The van der Waals surface area contributed by atoms with Gasteiger partial charge >= 0.3 is 7.32 Å². The number of aliphatic hydroxyl groups is 1. The first-order chi connectivity index (χ1) is 7.95.